The van der Waals surface area contributed by atoms with Crippen molar-refractivity contribution >= 4 is 11.6 Å². The van der Waals surface area contributed by atoms with Crippen molar-refractivity contribution in [2.75, 3.05) is 26.6 Å². The van der Waals surface area contributed by atoms with Gasteiger partial charge in [0.2, 0.25) is 0 Å². The number of ether oxygens (including phenoxy) is 4. The molecule has 1 N–H and O–H groups in total. The van der Waals surface area contributed by atoms with Gasteiger partial charge >= 0.3 is 0 Å². The molecule has 0 saturated carbocycles. The Morgan fingerprint density at radius 1 is 0.962 bits per heavy atom. The van der Waals surface area contributed by atoms with Crippen molar-refractivity contribution in [1.82, 2.24) is 0 Å². The van der Waals surface area contributed by atoms with Crippen LogP contribution in [-0.2, 0) is 4.79 Å². The second-order valence-electron chi connectivity index (χ2n) is 5.30. The molecular formula is C19H20N2O5. The fraction of sp³-hybridized carbons (Fsp3) is 0.263. The lowest BCUT2D eigenvalue weighted by atomic mass is 10.2. The van der Waals surface area contributed by atoms with Gasteiger partial charge < -0.3 is 24.3 Å². The van der Waals surface area contributed by atoms with E-state index < -0.39 is 6.10 Å². The highest BCUT2D eigenvalue weighted by molar-refractivity contribution is 5.94. The molecule has 1 atom stereocenters. The van der Waals surface area contributed by atoms with E-state index in [0.29, 0.717) is 34.2 Å². The van der Waals surface area contributed by atoms with Crippen molar-refractivity contribution < 1.29 is 23.7 Å². The van der Waals surface area contributed by atoms with Crippen LogP contribution in [0.1, 0.15) is 12.5 Å². The third-order valence-electron chi connectivity index (χ3n) is 3.62. The summed E-state index contributed by atoms with van der Waals surface area (Å²) in [6.07, 6.45) is -0.787. The molecule has 0 radical (unpaired) electrons. The monoisotopic (exact) mass is 356 g/mol. The summed E-state index contributed by atoms with van der Waals surface area (Å²) in [6.45, 7) is 1.62. The number of anilines is 1. The molecule has 26 heavy (non-hydrogen) atoms. The number of methoxy groups -OCH3 is 3. The van der Waals surface area contributed by atoms with Gasteiger partial charge in [-0.3, -0.25) is 4.79 Å². The Bertz CT molecular complexity index is 829. The number of rotatable bonds is 7. The fourth-order valence-electron chi connectivity index (χ4n) is 2.24. The first-order valence-electron chi connectivity index (χ1n) is 7.80. The second kappa shape index (κ2) is 8.62. The van der Waals surface area contributed by atoms with Crippen LogP contribution in [0.25, 0.3) is 0 Å². The highest BCUT2D eigenvalue weighted by atomic mass is 16.5. The molecule has 0 aliphatic rings. The molecule has 0 fully saturated rings. The molecule has 0 spiro atoms. The van der Waals surface area contributed by atoms with Gasteiger partial charge in [0.05, 0.1) is 33.0 Å². The number of hydrogen-bond acceptors (Lipinski definition) is 6. The lowest BCUT2D eigenvalue weighted by molar-refractivity contribution is -0.122. The van der Waals surface area contributed by atoms with Crippen molar-refractivity contribution in [3.8, 4) is 29.1 Å². The van der Waals surface area contributed by atoms with E-state index in [2.05, 4.69) is 5.32 Å². The Morgan fingerprint density at radius 3 is 2.19 bits per heavy atom. The number of carbonyl (C=O) groups is 1. The lowest BCUT2D eigenvalue weighted by Crippen LogP contribution is -2.30. The van der Waals surface area contributed by atoms with E-state index in [4.69, 9.17) is 24.2 Å². The molecule has 2 rings (SSSR count). The van der Waals surface area contributed by atoms with E-state index >= 15 is 0 Å². The van der Waals surface area contributed by atoms with E-state index in [1.165, 1.54) is 21.3 Å². The van der Waals surface area contributed by atoms with Crippen molar-refractivity contribution in [2.24, 2.45) is 0 Å². The van der Waals surface area contributed by atoms with Crippen LogP contribution in [0.15, 0.2) is 36.4 Å². The van der Waals surface area contributed by atoms with Gasteiger partial charge in [0.15, 0.2) is 29.1 Å². The van der Waals surface area contributed by atoms with Gasteiger partial charge in [0, 0.05) is 17.8 Å². The first-order valence-corrected chi connectivity index (χ1v) is 7.80. The molecule has 2 aromatic rings. The zero-order chi connectivity index (χ0) is 19.1. The molecule has 0 heterocycles. The Hall–Kier alpha value is -3.40. The summed E-state index contributed by atoms with van der Waals surface area (Å²) in [5, 5.41) is 11.7. The summed E-state index contributed by atoms with van der Waals surface area (Å²) in [7, 11) is 4.53. The highest BCUT2D eigenvalue weighted by Crippen LogP contribution is 2.31. The van der Waals surface area contributed by atoms with Gasteiger partial charge in [-0.25, -0.2) is 0 Å². The molecule has 2 aromatic carbocycles. The van der Waals surface area contributed by atoms with Gasteiger partial charge in [-0.05, 0) is 31.2 Å². The van der Waals surface area contributed by atoms with E-state index in [-0.39, 0.29) is 5.91 Å². The highest BCUT2D eigenvalue weighted by Gasteiger charge is 2.18. The van der Waals surface area contributed by atoms with Crippen molar-refractivity contribution in [1.29, 1.82) is 5.26 Å². The number of nitrogens with one attached hydrogen (secondary N) is 1. The Morgan fingerprint density at radius 2 is 1.58 bits per heavy atom. The van der Waals surface area contributed by atoms with Gasteiger partial charge in [-0.2, -0.15) is 5.26 Å². The predicted molar refractivity (Wildman–Crippen MR) is 96.0 cm³/mol. The summed E-state index contributed by atoms with van der Waals surface area (Å²) in [5.74, 6) is 1.49. The van der Waals surface area contributed by atoms with Crippen LogP contribution in [0.3, 0.4) is 0 Å². The zero-order valence-corrected chi connectivity index (χ0v) is 15.0. The van der Waals surface area contributed by atoms with Crippen LogP contribution < -0.4 is 24.3 Å². The molecule has 0 bridgehead atoms. The van der Waals surface area contributed by atoms with Crippen LogP contribution in [0.2, 0.25) is 0 Å². The number of amides is 1. The Kier molecular flexibility index (Phi) is 6.28. The second-order valence-corrected chi connectivity index (χ2v) is 5.30. The van der Waals surface area contributed by atoms with Crippen LogP contribution in [0, 0.1) is 11.3 Å². The van der Waals surface area contributed by atoms with Gasteiger partial charge in [-0.1, -0.05) is 0 Å². The molecule has 0 unspecified atom stereocenters. The molecule has 7 nitrogen and oxygen atoms in total. The quantitative estimate of drug-likeness (QED) is 0.820. The van der Waals surface area contributed by atoms with Crippen LogP contribution >= 0.6 is 0 Å². The average molecular weight is 356 g/mol. The Labute approximate surface area is 152 Å². The molecule has 1 amide bonds. The molecule has 0 aliphatic heterocycles. The van der Waals surface area contributed by atoms with Crippen LogP contribution in [-0.4, -0.2) is 33.3 Å². The molecule has 0 saturated heterocycles. The lowest BCUT2D eigenvalue weighted by Gasteiger charge is -2.17. The third-order valence-corrected chi connectivity index (χ3v) is 3.62. The van der Waals surface area contributed by atoms with Crippen molar-refractivity contribution in [3.05, 3.63) is 42.0 Å². The summed E-state index contributed by atoms with van der Waals surface area (Å²) in [5.41, 5.74) is 0.992. The predicted octanol–water partition coefficient (Wildman–Crippen LogP) is 2.99. The average Bonchev–Trinajstić information content (AvgIpc) is 2.67. The minimum atomic E-state index is -0.787. The first kappa shape index (κ1) is 18.9. The van der Waals surface area contributed by atoms with Crippen LogP contribution in [0.5, 0.6) is 23.0 Å². The minimum Gasteiger partial charge on any atom is -0.493 e. The van der Waals surface area contributed by atoms with Crippen molar-refractivity contribution in [2.45, 2.75) is 13.0 Å². The summed E-state index contributed by atoms with van der Waals surface area (Å²) in [6, 6.07) is 11.8. The number of nitrogens with zero attached hydrogens (tertiary/aromatic N) is 1. The molecule has 0 aliphatic carbocycles. The van der Waals surface area contributed by atoms with Gasteiger partial charge in [-0.15, -0.1) is 0 Å². The molecule has 136 valence electrons. The SMILES string of the molecule is COc1ccc(NC(=O)[C@@H](C)Oc2ccc(C#N)cc2OC)cc1OC. The van der Waals surface area contributed by atoms with E-state index in [1.54, 1.807) is 43.3 Å². The summed E-state index contributed by atoms with van der Waals surface area (Å²) < 4.78 is 21.3. The third kappa shape index (κ3) is 4.36. The largest absolute Gasteiger partial charge is 0.493 e. The topological polar surface area (TPSA) is 89.8 Å². The number of hydrogen-bond donors (Lipinski definition) is 1. The van der Waals surface area contributed by atoms with E-state index in [1.807, 2.05) is 6.07 Å². The van der Waals surface area contributed by atoms with Gasteiger partial charge in [0.25, 0.3) is 5.91 Å². The number of carbonyl (C=O) groups excluding carboxylic acids is 1. The summed E-state index contributed by atoms with van der Waals surface area (Å²) >= 11 is 0. The maximum Gasteiger partial charge on any atom is 0.265 e. The summed E-state index contributed by atoms with van der Waals surface area (Å²) in [4.78, 5) is 12.4. The van der Waals surface area contributed by atoms with E-state index in [9.17, 15) is 4.79 Å². The normalized spacial score (nSPS) is 11.0. The number of benzene rings is 2. The Balaban J connectivity index is 2.10. The molecule has 0 aromatic heterocycles. The smallest absolute Gasteiger partial charge is 0.265 e. The van der Waals surface area contributed by atoms with Crippen molar-refractivity contribution in [3.63, 3.8) is 0 Å². The minimum absolute atomic E-state index is 0.344. The standard InChI is InChI=1S/C19H20N2O5/c1-12(26-16-7-5-13(11-20)9-17(16)24-3)19(22)21-14-6-8-15(23-2)18(10-14)25-4/h5-10,12H,1-4H3,(H,21,22)/t12-/m1/s1. The van der Waals surface area contributed by atoms with E-state index in [0.717, 1.165) is 0 Å². The maximum atomic E-state index is 12.4. The van der Waals surface area contributed by atoms with Gasteiger partial charge in [0.1, 0.15) is 0 Å². The maximum absolute atomic E-state index is 12.4. The number of nitriles is 1. The zero-order valence-electron chi connectivity index (χ0n) is 15.0. The van der Waals surface area contributed by atoms with Crippen LogP contribution in [0.4, 0.5) is 5.69 Å². The first-order chi connectivity index (χ1) is 12.5. The molecule has 7 heteroatoms. The fourth-order valence-corrected chi connectivity index (χ4v) is 2.24. The molecular weight excluding hydrogens is 336 g/mol.